The van der Waals surface area contributed by atoms with Crippen molar-refractivity contribution in [1.29, 1.82) is 0 Å². The van der Waals surface area contributed by atoms with Gasteiger partial charge in [0, 0.05) is 31.9 Å². The van der Waals surface area contributed by atoms with Crippen molar-refractivity contribution in [2.75, 3.05) is 44.7 Å². The quantitative estimate of drug-likeness (QED) is 0.734. The zero-order chi connectivity index (χ0) is 19.5. The van der Waals surface area contributed by atoms with Crippen molar-refractivity contribution in [3.8, 4) is 0 Å². The van der Waals surface area contributed by atoms with E-state index in [4.69, 9.17) is 4.74 Å². The molecule has 6 nitrogen and oxygen atoms in total. The van der Waals surface area contributed by atoms with Gasteiger partial charge in [-0.05, 0) is 37.1 Å². The molecule has 2 fully saturated rings. The molecule has 2 amide bonds. The Morgan fingerprint density at radius 3 is 2.26 bits per heavy atom. The lowest BCUT2D eigenvalue weighted by molar-refractivity contribution is -0.137. The lowest BCUT2D eigenvalue weighted by atomic mass is 10.0. The molecule has 0 atom stereocenters. The van der Waals surface area contributed by atoms with Crippen LogP contribution < -0.4 is 10.6 Å². The monoisotopic (exact) mass is 385 g/mol. The molecule has 0 radical (unpaired) electrons. The van der Waals surface area contributed by atoms with E-state index in [0.717, 1.165) is 25.2 Å². The van der Waals surface area contributed by atoms with Gasteiger partial charge in [0.05, 0.1) is 18.8 Å². The molecule has 0 unspecified atom stereocenters. The first-order valence-corrected chi connectivity index (χ1v) is 8.88. The van der Waals surface area contributed by atoms with Crippen LogP contribution in [0.2, 0.25) is 0 Å². The molecule has 1 aliphatic carbocycles. The first-order valence-electron chi connectivity index (χ1n) is 8.88. The molecule has 1 saturated heterocycles. The van der Waals surface area contributed by atoms with Crippen molar-refractivity contribution < 1.29 is 27.5 Å². The number of rotatable bonds is 6. The molecule has 9 heteroatoms. The molecule has 148 valence electrons. The van der Waals surface area contributed by atoms with Gasteiger partial charge in [0.15, 0.2) is 0 Å². The van der Waals surface area contributed by atoms with Gasteiger partial charge in [0.25, 0.3) is 0 Å². The highest BCUT2D eigenvalue weighted by Gasteiger charge is 2.56. The Hall–Kier alpha value is -2.13. The number of anilines is 1. The highest BCUT2D eigenvalue weighted by atomic mass is 19.4. The van der Waals surface area contributed by atoms with Crippen LogP contribution in [0.3, 0.4) is 0 Å². The van der Waals surface area contributed by atoms with Gasteiger partial charge in [-0.2, -0.15) is 13.2 Å². The van der Waals surface area contributed by atoms with Crippen molar-refractivity contribution in [3.05, 3.63) is 29.8 Å². The maximum Gasteiger partial charge on any atom is 0.416 e. The third-order valence-electron chi connectivity index (χ3n) is 4.91. The number of carbonyl (C=O) groups excluding carboxylic acids is 2. The average Bonchev–Trinajstić information content (AvgIpc) is 3.44. The second-order valence-electron chi connectivity index (χ2n) is 6.82. The molecule has 0 bridgehead atoms. The largest absolute Gasteiger partial charge is 0.416 e. The molecule has 0 spiro atoms. The van der Waals surface area contributed by atoms with Gasteiger partial charge < -0.3 is 15.4 Å². The summed E-state index contributed by atoms with van der Waals surface area (Å²) < 4.78 is 43.0. The van der Waals surface area contributed by atoms with Crippen LogP contribution in [0.15, 0.2) is 24.3 Å². The van der Waals surface area contributed by atoms with E-state index in [1.165, 1.54) is 12.1 Å². The lowest BCUT2D eigenvalue weighted by Crippen LogP contribution is -2.45. The minimum atomic E-state index is -4.43. The summed E-state index contributed by atoms with van der Waals surface area (Å²) in [6.45, 7) is 4.10. The SMILES string of the molecule is O=C(NCCN1CCOCC1)C1(C(=O)Nc2ccc(C(F)(F)F)cc2)CC1. The Kier molecular flexibility index (Phi) is 5.71. The molecule has 27 heavy (non-hydrogen) atoms. The summed E-state index contributed by atoms with van der Waals surface area (Å²) in [6.07, 6.45) is -3.56. The van der Waals surface area contributed by atoms with Gasteiger partial charge in [-0.25, -0.2) is 0 Å². The van der Waals surface area contributed by atoms with E-state index in [1.807, 2.05) is 0 Å². The van der Waals surface area contributed by atoms with Gasteiger partial charge >= 0.3 is 6.18 Å². The molecular weight excluding hydrogens is 363 g/mol. The van der Waals surface area contributed by atoms with Crippen molar-refractivity contribution in [1.82, 2.24) is 10.2 Å². The van der Waals surface area contributed by atoms with Crippen LogP contribution in [-0.4, -0.2) is 56.1 Å². The number of nitrogens with one attached hydrogen (secondary N) is 2. The van der Waals surface area contributed by atoms with Crippen LogP contribution in [0.4, 0.5) is 18.9 Å². The second kappa shape index (κ2) is 7.85. The molecule has 2 N–H and O–H groups in total. The number of ether oxygens (including phenoxy) is 1. The van der Waals surface area contributed by atoms with Gasteiger partial charge in [0.1, 0.15) is 5.41 Å². The Bertz CT molecular complexity index is 681. The molecule has 0 aromatic heterocycles. The van der Waals surface area contributed by atoms with Crippen LogP contribution in [0, 0.1) is 5.41 Å². The molecule has 2 aliphatic rings. The van der Waals surface area contributed by atoms with Crippen LogP contribution in [0.1, 0.15) is 18.4 Å². The third kappa shape index (κ3) is 4.78. The summed E-state index contributed by atoms with van der Waals surface area (Å²) in [5.74, 6) is -0.814. The standard InChI is InChI=1S/C18H22F3N3O3/c19-18(20,21)13-1-3-14(4-2-13)23-16(26)17(5-6-17)15(25)22-7-8-24-9-11-27-12-10-24/h1-4H,5-12H2,(H,22,25)(H,23,26). The second-order valence-corrected chi connectivity index (χ2v) is 6.82. The zero-order valence-corrected chi connectivity index (χ0v) is 14.8. The number of alkyl halides is 3. The van der Waals surface area contributed by atoms with E-state index >= 15 is 0 Å². The predicted octanol–water partition coefficient (Wildman–Crippen LogP) is 1.87. The summed E-state index contributed by atoms with van der Waals surface area (Å²) in [5.41, 5.74) is -1.67. The van der Waals surface area contributed by atoms with Gasteiger partial charge in [0.2, 0.25) is 11.8 Å². The molecule has 1 aromatic rings. The topological polar surface area (TPSA) is 70.7 Å². The van der Waals surface area contributed by atoms with Crippen LogP contribution in [-0.2, 0) is 20.5 Å². The number of halogens is 3. The number of morpholine rings is 1. The summed E-state index contributed by atoms with van der Waals surface area (Å²) in [5, 5.41) is 5.35. The molecule has 1 aromatic carbocycles. The molecule has 3 rings (SSSR count). The Morgan fingerprint density at radius 2 is 1.70 bits per heavy atom. The number of hydrogen-bond donors (Lipinski definition) is 2. The normalized spacial score (nSPS) is 19.4. The van der Waals surface area contributed by atoms with E-state index in [9.17, 15) is 22.8 Å². The van der Waals surface area contributed by atoms with Gasteiger partial charge in [-0.15, -0.1) is 0 Å². The van der Waals surface area contributed by atoms with Crippen LogP contribution in [0.25, 0.3) is 0 Å². The fraction of sp³-hybridized carbons (Fsp3) is 0.556. The fourth-order valence-electron chi connectivity index (χ4n) is 3.00. The summed E-state index contributed by atoms with van der Waals surface area (Å²) >= 11 is 0. The van der Waals surface area contributed by atoms with E-state index in [1.54, 1.807) is 0 Å². The Labute approximate surface area is 155 Å². The minimum absolute atomic E-state index is 0.236. The third-order valence-corrected chi connectivity index (χ3v) is 4.91. The van der Waals surface area contributed by atoms with E-state index in [2.05, 4.69) is 15.5 Å². The van der Waals surface area contributed by atoms with Crippen molar-refractivity contribution in [3.63, 3.8) is 0 Å². The minimum Gasteiger partial charge on any atom is -0.379 e. The van der Waals surface area contributed by atoms with Crippen molar-refractivity contribution in [2.24, 2.45) is 5.41 Å². The first-order chi connectivity index (χ1) is 12.8. The maximum atomic E-state index is 12.6. The lowest BCUT2D eigenvalue weighted by Gasteiger charge is -2.26. The molecule has 1 aliphatic heterocycles. The smallest absolute Gasteiger partial charge is 0.379 e. The fourth-order valence-corrected chi connectivity index (χ4v) is 3.00. The summed E-state index contributed by atoms with van der Waals surface area (Å²) in [6, 6.07) is 4.18. The van der Waals surface area contributed by atoms with Crippen molar-refractivity contribution in [2.45, 2.75) is 19.0 Å². The Balaban J connectivity index is 1.50. The highest BCUT2D eigenvalue weighted by Crippen LogP contribution is 2.46. The average molecular weight is 385 g/mol. The number of carbonyl (C=O) groups is 2. The molecule has 1 heterocycles. The summed E-state index contributed by atoms with van der Waals surface area (Å²) in [4.78, 5) is 27.1. The number of amides is 2. The number of benzene rings is 1. The van der Waals surface area contributed by atoms with E-state index in [0.29, 0.717) is 39.1 Å². The maximum absolute atomic E-state index is 12.6. The summed E-state index contributed by atoms with van der Waals surface area (Å²) in [7, 11) is 0. The molecular formula is C18H22F3N3O3. The Morgan fingerprint density at radius 1 is 1.07 bits per heavy atom. The van der Waals surface area contributed by atoms with E-state index < -0.39 is 23.1 Å². The van der Waals surface area contributed by atoms with E-state index in [-0.39, 0.29) is 11.6 Å². The van der Waals surface area contributed by atoms with Crippen molar-refractivity contribution >= 4 is 17.5 Å². The van der Waals surface area contributed by atoms with Crippen LogP contribution >= 0.6 is 0 Å². The first kappa shape index (κ1) is 19.6. The van der Waals surface area contributed by atoms with Crippen LogP contribution in [0.5, 0.6) is 0 Å². The van der Waals surface area contributed by atoms with Gasteiger partial charge in [-0.1, -0.05) is 0 Å². The number of nitrogens with zero attached hydrogens (tertiary/aromatic N) is 1. The molecule has 1 saturated carbocycles. The predicted molar refractivity (Wildman–Crippen MR) is 92.0 cm³/mol. The van der Waals surface area contributed by atoms with Gasteiger partial charge in [-0.3, -0.25) is 14.5 Å². The zero-order valence-electron chi connectivity index (χ0n) is 14.8. The highest BCUT2D eigenvalue weighted by molar-refractivity contribution is 6.13. The number of hydrogen-bond acceptors (Lipinski definition) is 4.